The molecule has 2 N–H and O–H groups in total. The lowest BCUT2D eigenvalue weighted by molar-refractivity contribution is 0.534. The van der Waals surface area contributed by atoms with Crippen molar-refractivity contribution in [3.8, 4) is 0 Å². The molecule has 0 radical (unpaired) electrons. The monoisotopic (exact) mass is 234 g/mol. The SMILES string of the molecule is CCC(C)NCc1ccc(CNC(C)C)cc1. The van der Waals surface area contributed by atoms with Gasteiger partial charge in [0.2, 0.25) is 0 Å². The minimum atomic E-state index is 0.543. The van der Waals surface area contributed by atoms with Gasteiger partial charge in [0.15, 0.2) is 0 Å². The number of hydrogen-bond acceptors (Lipinski definition) is 2. The van der Waals surface area contributed by atoms with Crippen LogP contribution in [0.5, 0.6) is 0 Å². The predicted molar refractivity (Wildman–Crippen MR) is 75.0 cm³/mol. The lowest BCUT2D eigenvalue weighted by atomic mass is 10.1. The van der Waals surface area contributed by atoms with Gasteiger partial charge in [-0.2, -0.15) is 0 Å². The zero-order chi connectivity index (χ0) is 12.7. The molecule has 0 bridgehead atoms. The van der Waals surface area contributed by atoms with Crippen LogP contribution in [0.4, 0.5) is 0 Å². The van der Waals surface area contributed by atoms with E-state index in [1.165, 1.54) is 17.5 Å². The van der Waals surface area contributed by atoms with Crippen molar-refractivity contribution in [2.24, 2.45) is 0 Å². The molecule has 96 valence electrons. The molecule has 0 aliphatic heterocycles. The Labute approximate surface area is 106 Å². The molecule has 0 saturated carbocycles. The fourth-order valence-electron chi connectivity index (χ4n) is 1.53. The highest BCUT2D eigenvalue weighted by Crippen LogP contribution is 2.05. The molecular weight excluding hydrogens is 208 g/mol. The second kappa shape index (κ2) is 7.46. The zero-order valence-corrected chi connectivity index (χ0v) is 11.6. The van der Waals surface area contributed by atoms with Crippen molar-refractivity contribution in [2.75, 3.05) is 0 Å². The number of rotatable bonds is 7. The first-order valence-corrected chi connectivity index (χ1v) is 6.66. The molecular formula is C15H26N2. The third-order valence-corrected chi connectivity index (χ3v) is 3.00. The minimum absolute atomic E-state index is 0.543. The lowest BCUT2D eigenvalue weighted by Crippen LogP contribution is -2.24. The first kappa shape index (κ1) is 14.2. The smallest absolute Gasteiger partial charge is 0.0207 e. The molecule has 1 rings (SSSR count). The van der Waals surface area contributed by atoms with Gasteiger partial charge < -0.3 is 10.6 Å². The van der Waals surface area contributed by atoms with E-state index in [-0.39, 0.29) is 0 Å². The van der Waals surface area contributed by atoms with E-state index < -0.39 is 0 Å². The van der Waals surface area contributed by atoms with Crippen LogP contribution in [0.3, 0.4) is 0 Å². The van der Waals surface area contributed by atoms with Crippen LogP contribution in [0.2, 0.25) is 0 Å². The molecule has 0 aliphatic carbocycles. The van der Waals surface area contributed by atoms with E-state index >= 15 is 0 Å². The van der Waals surface area contributed by atoms with Gasteiger partial charge >= 0.3 is 0 Å². The van der Waals surface area contributed by atoms with Crippen LogP contribution >= 0.6 is 0 Å². The van der Waals surface area contributed by atoms with Crippen LogP contribution in [0.1, 0.15) is 45.2 Å². The second-order valence-electron chi connectivity index (χ2n) is 5.04. The number of nitrogens with one attached hydrogen (secondary N) is 2. The van der Waals surface area contributed by atoms with Gasteiger partial charge in [-0.05, 0) is 24.5 Å². The Bertz CT molecular complexity index is 303. The second-order valence-corrected chi connectivity index (χ2v) is 5.04. The Balaban J connectivity index is 2.39. The number of benzene rings is 1. The summed E-state index contributed by atoms with van der Waals surface area (Å²) in [6, 6.07) is 9.99. The summed E-state index contributed by atoms with van der Waals surface area (Å²) in [6.45, 7) is 10.7. The minimum Gasteiger partial charge on any atom is -0.310 e. The average Bonchev–Trinajstić information content (AvgIpc) is 2.34. The summed E-state index contributed by atoms with van der Waals surface area (Å²) in [5.41, 5.74) is 2.71. The molecule has 0 amide bonds. The Morgan fingerprint density at radius 3 is 1.76 bits per heavy atom. The van der Waals surface area contributed by atoms with Gasteiger partial charge in [0, 0.05) is 25.2 Å². The van der Waals surface area contributed by atoms with E-state index in [1.54, 1.807) is 0 Å². The standard InChI is InChI=1S/C15H26N2/c1-5-13(4)17-11-15-8-6-14(7-9-15)10-16-12(2)3/h6-9,12-13,16-17H,5,10-11H2,1-4H3. The highest BCUT2D eigenvalue weighted by atomic mass is 14.9. The van der Waals surface area contributed by atoms with E-state index in [9.17, 15) is 0 Å². The predicted octanol–water partition coefficient (Wildman–Crippen LogP) is 3.07. The van der Waals surface area contributed by atoms with Gasteiger partial charge in [0.05, 0.1) is 0 Å². The van der Waals surface area contributed by atoms with E-state index in [1.807, 2.05) is 0 Å². The Morgan fingerprint density at radius 1 is 0.882 bits per heavy atom. The summed E-state index contributed by atoms with van der Waals surface area (Å²) < 4.78 is 0. The quantitative estimate of drug-likeness (QED) is 0.757. The molecule has 0 aromatic heterocycles. The molecule has 2 nitrogen and oxygen atoms in total. The van der Waals surface area contributed by atoms with Crippen LogP contribution in [0.25, 0.3) is 0 Å². The van der Waals surface area contributed by atoms with E-state index in [0.717, 1.165) is 13.1 Å². The molecule has 17 heavy (non-hydrogen) atoms. The van der Waals surface area contributed by atoms with Gasteiger partial charge in [-0.15, -0.1) is 0 Å². The average molecular weight is 234 g/mol. The van der Waals surface area contributed by atoms with Crippen molar-refractivity contribution >= 4 is 0 Å². The maximum Gasteiger partial charge on any atom is 0.0207 e. The van der Waals surface area contributed by atoms with Gasteiger partial charge in [-0.1, -0.05) is 45.0 Å². The van der Waals surface area contributed by atoms with E-state index in [0.29, 0.717) is 12.1 Å². The topological polar surface area (TPSA) is 24.1 Å². The van der Waals surface area contributed by atoms with Crippen molar-refractivity contribution in [3.05, 3.63) is 35.4 Å². The molecule has 0 aliphatic rings. The number of hydrogen-bond donors (Lipinski definition) is 2. The van der Waals surface area contributed by atoms with Crippen LogP contribution in [0, 0.1) is 0 Å². The highest BCUT2D eigenvalue weighted by molar-refractivity contribution is 5.22. The molecule has 2 heteroatoms. The van der Waals surface area contributed by atoms with Crippen molar-refractivity contribution in [3.63, 3.8) is 0 Å². The van der Waals surface area contributed by atoms with Crippen LogP contribution in [-0.2, 0) is 13.1 Å². The maximum absolute atomic E-state index is 3.50. The highest BCUT2D eigenvalue weighted by Gasteiger charge is 1.99. The van der Waals surface area contributed by atoms with Crippen molar-refractivity contribution in [1.29, 1.82) is 0 Å². The summed E-state index contributed by atoms with van der Waals surface area (Å²) >= 11 is 0. The normalized spacial score (nSPS) is 13.0. The molecule has 0 heterocycles. The Hall–Kier alpha value is -0.860. The third-order valence-electron chi connectivity index (χ3n) is 3.00. The van der Waals surface area contributed by atoms with E-state index in [4.69, 9.17) is 0 Å². The Morgan fingerprint density at radius 2 is 1.35 bits per heavy atom. The molecule has 1 unspecified atom stereocenters. The first-order chi connectivity index (χ1) is 8.11. The first-order valence-electron chi connectivity index (χ1n) is 6.66. The lowest BCUT2D eigenvalue weighted by Gasteiger charge is -2.12. The summed E-state index contributed by atoms with van der Waals surface area (Å²) in [6.07, 6.45) is 1.18. The zero-order valence-electron chi connectivity index (χ0n) is 11.6. The van der Waals surface area contributed by atoms with Crippen LogP contribution in [0.15, 0.2) is 24.3 Å². The van der Waals surface area contributed by atoms with Crippen LogP contribution in [-0.4, -0.2) is 12.1 Å². The summed E-state index contributed by atoms with van der Waals surface area (Å²) in [5, 5.41) is 6.93. The van der Waals surface area contributed by atoms with Gasteiger partial charge in [0.1, 0.15) is 0 Å². The molecule has 0 saturated heterocycles. The fourth-order valence-corrected chi connectivity index (χ4v) is 1.53. The van der Waals surface area contributed by atoms with Gasteiger partial charge in [-0.25, -0.2) is 0 Å². The van der Waals surface area contributed by atoms with Gasteiger partial charge in [-0.3, -0.25) is 0 Å². The Kier molecular flexibility index (Phi) is 6.23. The van der Waals surface area contributed by atoms with Gasteiger partial charge in [0.25, 0.3) is 0 Å². The maximum atomic E-state index is 3.50. The van der Waals surface area contributed by atoms with Crippen molar-refractivity contribution < 1.29 is 0 Å². The van der Waals surface area contributed by atoms with Crippen molar-refractivity contribution in [1.82, 2.24) is 10.6 Å². The molecule has 1 aromatic carbocycles. The fraction of sp³-hybridized carbons (Fsp3) is 0.600. The van der Waals surface area contributed by atoms with Crippen molar-refractivity contribution in [2.45, 2.75) is 59.3 Å². The van der Waals surface area contributed by atoms with Crippen LogP contribution < -0.4 is 10.6 Å². The van der Waals surface area contributed by atoms with E-state index in [2.05, 4.69) is 62.6 Å². The molecule has 1 aromatic rings. The third kappa shape index (κ3) is 5.85. The largest absolute Gasteiger partial charge is 0.310 e. The molecule has 0 spiro atoms. The molecule has 1 atom stereocenters. The summed E-state index contributed by atoms with van der Waals surface area (Å²) in [5.74, 6) is 0. The summed E-state index contributed by atoms with van der Waals surface area (Å²) in [4.78, 5) is 0. The molecule has 0 fully saturated rings. The summed E-state index contributed by atoms with van der Waals surface area (Å²) in [7, 11) is 0.